The maximum absolute atomic E-state index is 13.2. The smallest absolute Gasteiger partial charge is 0.229 e. The lowest BCUT2D eigenvalue weighted by Crippen LogP contribution is -2.25. The number of hydrogen-bond donors (Lipinski definition) is 1. The molecule has 0 atom stereocenters. The van der Waals surface area contributed by atoms with Gasteiger partial charge in [-0.1, -0.05) is 29.8 Å². The second kappa shape index (κ2) is 9.55. The van der Waals surface area contributed by atoms with Gasteiger partial charge in [-0.05, 0) is 68.6 Å². The average molecular weight is 498 g/mol. The summed E-state index contributed by atoms with van der Waals surface area (Å²) in [6.45, 7) is 8.23. The Morgan fingerprint density at radius 2 is 1.85 bits per heavy atom. The van der Waals surface area contributed by atoms with Crippen LogP contribution in [0.3, 0.4) is 0 Å². The molecule has 1 aliphatic rings. The van der Waals surface area contributed by atoms with E-state index in [2.05, 4.69) is 68.4 Å². The molecule has 2 aromatic heterocycles. The number of anilines is 1. The van der Waals surface area contributed by atoms with Crippen molar-refractivity contribution in [3.8, 4) is 10.6 Å². The Morgan fingerprint density at radius 1 is 1.12 bits per heavy atom. The van der Waals surface area contributed by atoms with Crippen LogP contribution in [0.2, 0.25) is 0 Å². The molecule has 33 heavy (non-hydrogen) atoms. The van der Waals surface area contributed by atoms with Gasteiger partial charge in [0.1, 0.15) is 10.0 Å². The van der Waals surface area contributed by atoms with E-state index in [9.17, 15) is 4.79 Å². The Morgan fingerprint density at radius 3 is 2.58 bits per heavy atom. The van der Waals surface area contributed by atoms with Crippen molar-refractivity contribution in [2.24, 2.45) is 0 Å². The molecule has 4 aromatic rings. The van der Waals surface area contributed by atoms with E-state index in [-0.39, 0.29) is 18.3 Å². The molecule has 0 unspecified atom stereocenters. The summed E-state index contributed by atoms with van der Waals surface area (Å²) in [6, 6.07) is 12.6. The van der Waals surface area contributed by atoms with Gasteiger partial charge < -0.3 is 10.2 Å². The zero-order valence-electron chi connectivity index (χ0n) is 19.3. The molecule has 3 heterocycles. The number of likely N-dealkylation sites (N-methyl/N-ethyl adjacent to an activating group) is 1. The van der Waals surface area contributed by atoms with E-state index in [1.165, 1.54) is 31.8 Å². The van der Waals surface area contributed by atoms with Gasteiger partial charge in [-0.15, -0.1) is 35.1 Å². The van der Waals surface area contributed by atoms with Crippen LogP contribution in [0, 0.1) is 20.8 Å². The van der Waals surface area contributed by atoms with Crippen LogP contribution in [0.4, 0.5) is 5.00 Å². The highest BCUT2D eigenvalue weighted by atomic mass is 35.5. The Hall–Kier alpha value is -2.25. The molecule has 1 aliphatic heterocycles. The summed E-state index contributed by atoms with van der Waals surface area (Å²) in [7, 11) is 2.15. The zero-order valence-corrected chi connectivity index (χ0v) is 21.8. The molecule has 2 aromatic carbocycles. The molecular weight excluding hydrogens is 470 g/mol. The Labute approximate surface area is 209 Å². The van der Waals surface area contributed by atoms with E-state index >= 15 is 0 Å². The van der Waals surface area contributed by atoms with E-state index in [0.717, 1.165) is 46.2 Å². The minimum Gasteiger partial charge on any atom is -0.317 e. The van der Waals surface area contributed by atoms with Gasteiger partial charge in [0.05, 0.1) is 16.6 Å². The summed E-state index contributed by atoms with van der Waals surface area (Å²) in [6.07, 6.45) is 1.37. The third kappa shape index (κ3) is 4.71. The second-order valence-corrected chi connectivity index (χ2v) is 10.9. The number of rotatable bonds is 4. The van der Waals surface area contributed by atoms with Crippen molar-refractivity contribution in [2.75, 3.05) is 18.9 Å². The molecule has 0 spiro atoms. The predicted molar refractivity (Wildman–Crippen MR) is 143 cm³/mol. The fourth-order valence-corrected chi connectivity index (χ4v) is 7.10. The first-order chi connectivity index (χ1) is 15.4. The Kier molecular flexibility index (Phi) is 6.91. The number of aromatic nitrogens is 1. The average Bonchev–Trinajstić information content (AvgIpc) is 3.30. The number of carbonyl (C=O) groups is 1. The number of nitrogens with zero attached hydrogens (tertiary/aromatic N) is 2. The number of fused-ring (bicyclic) bond motifs is 2. The molecule has 0 aliphatic carbocycles. The van der Waals surface area contributed by atoms with Crippen LogP contribution in [-0.4, -0.2) is 29.4 Å². The third-order valence-corrected chi connectivity index (χ3v) is 8.37. The van der Waals surface area contributed by atoms with Gasteiger partial charge in [-0.3, -0.25) is 4.79 Å². The van der Waals surface area contributed by atoms with Crippen molar-refractivity contribution in [1.29, 1.82) is 0 Å². The van der Waals surface area contributed by atoms with E-state index in [1.807, 2.05) is 6.07 Å². The topological polar surface area (TPSA) is 45.2 Å². The van der Waals surface area contributed by atoms with Gasteiger partial charge in [0, 0.05) is 23.5 Å². The SMILES string of the molecule is Cc1cc(C)c(CC(=O)Nc2sc3c(c2-c2nc4ccccc4s2)CCN(C)C3)c(C)c1.Cl. The monoisotopic (exact) mass is 497 g/mol. The number of benzene rings is 2. The van der Waals surface area contributed by atoms with Crippen LogP contribution in [0.15, 0.2) is 36.4 Å². The summed E-state index contributed by atoms with van der Waals surface area (Å²) in [5, 5.41) is 5.22. The summed E-state index contributed by atoms with van der Waals surface area (Å²) in [5.41, 5.74) is 8.21. The number of halogens is 1. The first-order valence-electron chi connectivity index (χ1n) is 10.9. The lowest BCUT2D eigenvalue weighted by atomic mass is 9.97. The number of thiazole rings is 1. The van der Waals surface area contributed by atoms with Gasteiger partial charge in [-0.2, -0.15) is 0 Å². The standard InChI is InChI=1S/C26H27N3OS2.ClH/c1-15-11-16(2)19(17(3)12-15)13-23(30)28-26-24(18-9-10-29(4)14-22(18)32-26)25-27-20-7-5-6-8-21(20)31-25;/h5-8,11-12H,9-10,13-14H2,1-4H3,(H,28,30);1H. The molecule has 0 fully saturated rings. The molecule has 5 rings (SSSR count). The molecule has 1 amide bonds. The second-order valence-electron chi connectivity index (χ2n) is 8.78. The van der Waals surface area contributed by atoms with Crippen molar-refractivity contribution in [1.82, 2.24) is 9.88 Å². The number of carbonyl (C=O) groups excluding carboxylic acids is 1. The fourth-order valence-electron chi connectivity index (χ4n) is 4.64. The van der Waals surface area contributed by atoms with Gasteiger partial charge in [0.2, 0.25) is 5.91 Å². The number of thiophene rings is 1. The van der Waals surface area contributed by atoms with Gasteiger partial charge in [0.25, 0.3) is 0 Å². The van der Waals surface area contributed by atoms with Crippen LogP contribution >= 0.6 is 35.1 Å². The van der Waals surface area contributed by atoms with Crippen LogP contribution in [0.25, 0.3) is 20.8 Å². The summed E-state index contributed by atoms with van der Waals surface area (Å²) < 4.78 is 1.18. The maximum Gasteiger partial charge on any atom is 0.229 e. The zero-order chi connectivity index (χ0) is 22.4. The van der Waals surface area contributed by atoms with Crippen molar-refractivity contribution < 1.29 is 4.79 Å². The number of para-hydroxylation sites is 1. The van der Waals surface area contributed by atoms with Gasteiger partial charge in [-0.25, -0.2) is 4.98 Å². The predicted octanol–water partition coefficient (Wildman–Crippen LogP) is 6.54. The highest BCUT2D eigenvalue weighted by Crippen LogP contribution is 2.45. The molecule has 1 N–H and O–H groups in total. The lowest BCUT2D eigenvalue weighted by Gasteiger charge is -2.22. The third-order valence-electron chi connectivity index (χ3n) is 6.19. The summed E-state index contributed by atoms with van der Waals surface area (Å²) in [4.78, 5) is 21.8. The molecule has 0 bridgehead atoms. The highest BCUT2D eigenvalue weighted by Gasteiger charge is 2.27. The van der Waals surface area contributed by atoms with Crippen molar-refractivity contribution in [2.45, 2.75) is 40.2 Å². The normalized spacial score (nSPS) is 13.6. The summed E-state index contributed by atoms with van der Waals surface area (Å²) in [5.74, 6) is 0.0364. The minimum absolute atomic E-state index is 0. The van der Waals surface area contributed by atoms with Gasteiger partial charge in [0.15, 0.2) is 0 Å². The van der Waals surface area contributed by atoms with Gasteiger partial charge >= 0.3 is 0 Å². The molecule has 0 radical (unpaired) electrons. The molecule has 0 saturated carbocycles. The maximum atomic E-state index is 13.2. The van der Waals surface area contributed by atoms with E-state index < -0.39 is 0 Å². The largest absolute Gasteiger partial charge is 0.317 e. The molecule has 4 nitrogen and oxygen atoms in total. The quantitative estimate of drug-likeness (QED) is 0.348. The van der Waals surface area contributed by atoms with Crippen molar-refractivity contribution in [3.05, 3.63) is 69.1 Å². The van der Waals surface area contributed by atoms with E-state index in [0.29, 0.717) is 6.42 Å². The summed E-state index contributed by atoms with van der Waals surface area (Å²) >= 11 is 3.42. The molecule has 172 valence electrons. The first kappa shape index (κ1) is 23.9. The number of nitrogens with one attached hydrogen (secondary N) is 1. The van der Waals surface area contributed by atoms with Crippen LogP contribution in [0.1, 0.15) is 32.7 Å². The van der Waals surface area contributed by atoms with Crippen LogP contribution < -0.4 is 5.32 Å². The van der Waals surface area contributed by atoms with Crippen molar-refractivity contribution in [3.63, 3.8) is 0 Å². The van der Waals surface area contributed by atoms with Crippen molar-refractivity contribution >= 4 is 56.2 Å². The van der Waals surface area contributed by atoms with E-state index in [4.69, 9.17) is 4.98 Å². The van der Waals surface area contributed by atoms with Crippen LogP contribution in [-0.2, 0) is 24.2 Å². The number of hydrogen-bond acceptors (Lipinski definition) is 5. The number of amides is 1. The molecule has 0 saturated heterocycles. The fraction of sp³-hybridized carbons (Fsp3) is 0.308. The molecular formula is C26H28ClN3OS2. The Balaban J connectivity index is 0.00000259. The lowest BCUT2D eigenvalue weighted by molar-refractivity contribution is -0.115. The minimum atomic E-state index is 0. The van der Waals surface area contributed by atoms with Crippen LogP contribution in [0.5, 0.6) is 0 Å². The molecule has 7 heteroatoms. The Bertz CT molecular complexity index is 1280. The van der Waals surface area contributed by atoms with E-state index in [1.54, 1.807) is 22.7 Å². The number of aryl methyl sites for hydroxylation is 3. The first-order valence-corrected chi connectivity index (χ1v) is 12.6. The highest BCUT2D eigenvalue weighted by molar-refractivity contribution is 7.22.